The monoisotopic (exact) mass is 453 g/mol. The summed E-state index contributed by atoms with van der Waals surface area (Å²) in [6.45, 7) is -0.634. The Balaban J connectivity index is 2.17. The number of nitro groups is 1. The molecule has 0 atom stereocenters. The van der Waals surface area contributed by atoms with Gasteiger partial charge in [-0.05, 0) is 24.3 Å². The zero-order chi connectivity index (χ0) is 20.4. The van der Waals surface area contributed by atoms with E-state index in [0.29, 0.717) is 0 Å². The van der Waals surface area contributed by atoms with Crippen molar-refractivity contribution in [2.45, 2.75) is 4.90 Å². The third kappa shape index (κ3) is 5.44. The maximum Gasteiger partial charge on any atom is 0.312 e. The van der Waals surface area contributed by atoms with Gasteiger partial charge in [-0.25, -0.2) is 13.6 Å². The molecule has 3 N–H and O–H groups in total. The van der Waals surface area contributed by atoms with Crippen LogP contribution in [0.4, 0.5) is 11.4 Å². The highest BCUT2D eigenvalue weighted by Crippen LogP contribution is 2.34. The van der Waals surface area contributed by atoms with Crippen molar-refractivity contribution >= 4 is 62.1 Å². The number of rotatable bonds is 6. The lowest BCUT2D eigenvalue weighted by atomic mass is 10.3. The zero-order valence-electron chi connectivity index (χ0n) is 13.1. The largest absolute Gasteiger partial charge is 0.477 e. The van der Waals surface area contributed by atoms with Crippen molar-refractivity contribution in [2.24, 2.45) is 5.14 Å². The summed E-state index contributed by atoms with van der Waals surface area (Å²) in [7, 11) is -4.14. The summed E-state index contributed by atoms with van der Waals surface area (Å²) in [6, 6.07) is 5.50. The van der Waals surface area contributed by atoms with Crippen LogP contribution in [0.3, 0.4) is 0 Å². The Morgan fingerprint density at radius 2 is 1.78 bits per heavy atom. The summed E-state index contributed by atoms with van der Waals surface area (Å²) in [5.41, 5.74) is -0.577. The summed E-state index contributed by atoms with van der Waals surface area (Å²) >= 11 is 17.7. The lowest BCUT2D eigenvalue weighted by Gasteiger charge is -2.11. The molecular formula is C14H10Cl3N3O6S. The Kier molecular flexibility index (Phi) is 6.50. The molecule has 0 saturated heterocycles. The van der Waals surface area contributed by atoms with Gasteiger partial charge >= 0.3 is 5.69 Å². The maximum atomic E-state index is 12.0. The van der Waals surface area contributed by atoms with Crippen molar-refractivity contribution in [1.29, 1.82) is 0 Å². The van der Waals surface area contributed by atoms with E-state index in [1.807, 2.05) is 0 Å². The standard InChI is InChI=1S/C14H10Cl3N3O6S/c15-7-3-9(16)14(10(17)4-7)19-13(21)6-26-12-2-1-8(27(18,24)25)5-11(12)20(22)23/h1-5H,6H2,(H,19,21)(H2,18,24,25). The molecule has 2 aromatic rings. The minimum absolute atomic E-state index is 0.0873. The highest BCUT2D eigenvalue weighted by molar-refractivity contribution is 7.89. The number of nitrogens with one attached hydrogen (secondary N) is 1. The van der Waals surface area contributed by atoms with Gasteiger partial charge in [-0.2, -0.15) is 0 Å². The number of halogens is 3. The molecule has 0 aliphatic rings. The number of benzene rings is 2. The lowest BCUT2D eigenvalue weighted by Crippen LogP contribution is -2.21. The first kappa shape index (κ1) is 21.2. The van der Waals surface area contributed by atoms with Crippen LogP contribution >= 0.6 is 34.8 Å². The van der Waals surface area contributed by atoms with Crippen LogP contribution in [-0.2, 0) is 14.8 Å². The summed E-state index contributed by atoms with van der Waals surface area (Å²) in [4.78, 5) is 21.8. The smallest absolute Gasteiger partial charge is 0.312 e. The predicted octanol–water partition coefficient (Wildman–Crippen LogP) is 3.22. The number of nitro benzene ring substituents is 1. The molecule has 9 nitrogen and oxygen atoms in total. The summed E-state index contributed by atoms with van der Waals surface area (Å²) in [5, 5.41) is 18.9. The third-order valence-corrected chi connectivity index (χ3v) is 4.81. The van der Waals surface area contributed by atoms with Gasteiger partial charge in [0.15, 0.2) is 12.4 Å². The van der Waals surface area contributed by atoms with E-state index in [-0.39, 0.29) is 26.5 Å². The molecule has 0 bridgehead atoms. The van der Waals surface area contributed by atoms with Gasteiger partial charge in [0.05, 0.1) is 25.6 Å². The summed E-state index contributed by atoms with van der Waals surface area (Å²) in [6.07, 6.45) is 0. The van der Waals surface area contributed by atoms with Crippen molar-refractivity contribution in [3.8, 4) is 5.75 Å². The molecule has 13 heteroatoms. The third-order valence-electron chi connectivity index (χ3n) is 3.09. The SMILES string of the molecule is NS(=O)(=O)c1ccc(OCC(=O)Nc2c(Cl)cc(Cl)cc2Cl)c([N+](=O)[O-])c1. The van der Waals surface area contributed by atoms with E-state index < -0.39 is 38.0 Å². The zero-order valence-corrected chi connectivity index (χ0v) is 16.2. The number of sulfonamides is 1. The van der Waals surface area contributed by atoms with E-state index in [0.717, 1.165) is 18.2 Å². The molecule has 0 radical (unpaired) electrons. The van der Waals surface area contributed by atoms with Gasteiger partial charge in [0.25, 0.3) is 5.91 Å². The molecule has 27 heavy (non-hydrogen) atoms. The van der Waals surface area contributed by atoms with Gasteiger partial charge < -0.3 is 10.1 Å². The number of anilines is 1. The predicted molar refractivity (Wildman–Crippen MR) is 100 cm³/mol. The van der Waals surface area contributed by atoms with E-state index in [1.165, 1.54) is 12.1 Å². The average Bonchev–Trinajstić information content (AvgIpc) is 2.55. The van der Waals surface area contributed by atoms with Crippen LogP contribution in [0.15, 0.2) is 35.2 Å². The maximum absolute atomic E-state index is 12.0. The molecule has 0 aliphatic heterocycles. The van der Waals surface area contributed by atoms with Crippen LogP contribution in [-0.4, -0.2) is 25.9 Å². The molecule has 0 saturated carbocycles. The summed E-state index contributed by atoms with van der Waals surface area (Å²) < 4.78 is 27.7. The number of carbonyl (C=O) groups is 1. The van der Waals surface area contributed by atoms with Gasteiger partial charge in [-0.15, -0.1) is 0 Å². The van der Waals surface area contributed by atoms with E-state index in [2.05, 4.69) is 5.32 Å². The number of nitrogens with zero attached hydrogens (tertiary/aromatic N) is 1. The van der Waals surface area contributed by atoms with Gasteiger partial charge in [-0.3, -0.25) is 14.9 Å². The fourth-order valence-electron chi connectivity index (χ4n) is 1.92. The Hall–Kier alpha value is -2.11. The van der Waals surface area contributed by atoms with Crippen molar-refractivity contribution in [3.05, 3.63) is 55.5 Å². The number of hydrogen-bond donors (Lipinski definition) is 2. The average molecular weight is 455 g/mol. The molecule has 1 amide bonds. The van der Waals surface area contributed by atoms with Gasteiger partial charge in [0.2, 0.25) is 10.0 Å². The second-order valence-corrected chi connectivity index (χ2v) is 7.83. The Labute approximate surface area is 168 Å². The molecule has 0 fully saturated rings. The highest BCUT2D eigenvalue weighted by atomic mass is 35.5. The van der Waals surface area contributed by atoms with Crippen molar-refractivity contribution in [3.63, 3.8) is 0 Å². The van der Waals surface area contributed by atoms with Crippen molar-refractivity contribution < 1.29 is 22.9 Å². The minimum Gasteiger partial charge on any atom is -0.477 e. The van der Waals surface area contributed by atoms with Crippen LogP contribution in [0.1, 0.15) is 0 Å². The number of amides is 1. The molecule has 0 aliphatic carbocycles. The fraction of sp³-hybridized carbons (Fsp3) is 0.0714. The number of hydrogen-bond acceptors (Lipinski definition) is 6. The first-order chi connectivity index (χ1) is 12.5. The van der Waals surface area contributed by atoms with E-state index >= 15 is 0 Å². The number of carbonyl (C=O) groups excluding carboxylic acids is 1. The Morgan fingerprint density at radius 1 is 1.19 bits per heavy atom. The molecule has 2 aromatic carbocycles. The van der Waals surface area contributed by atoms with E-state index in [4.69, 9.17) is 44.7 Å². The molecule has 0 aromatic heterocycles. The normalized spacial score (nSPS) is 11.1. The second-order valence-electron chi connectivity index (χ2n) is 5.01. The highest BCUT2D eigenvalue weighted by Gasteiger charge is 2.21. The van der Waals surface area contributed by atoms with Crippen molar-refractivity contribution in [2.75, 3.05) is 11.9 Å². The summed E-state index contributed by atoms with van der Waals surface area (Å²) in [5.74, 6) is -1.04. The molecule has 0 heterocycles. The van der Waals surface area contributed by atoms with Crippen LogP contribution in [0, 0.1) is 10.1 Å². The topological polar surface area (TPSA) is 142 Å². The van der Waals surface area contributed by atoms with Crippen LogP contribution in [0.5, 0.6) is 5.75 Å². The molecule has 144 valence electrons. The van der Waals surface area contributed by atoms with Gasteiger partial charge in [-0.1, -0.05) is 34.8 Å². The van der Waals surface area contributed by atoms with E-state index in [1.54, 1.807) is 0 Å². The van der Waals surface area contributed by atoms with Gasteiger partial charge in [0.1, 0.15) is 0 Å². The number of ether oxygens (including phenoxy) is 1. The first-order valence-corrected chi connectivity index (χ1v) is 9.55. The van der Waals surface area contributed by atoms with Crippen LogP contribution in [0.25, 0.3) is 0 Å². The van der Waals surface area contributed by atoms with Crippen molar-refractivity contribution in [1.82, 2.24) is 0 Å². The second kappa shape index (κ2) is 8.28. The Morgan fingerprint density at radius 3 is 2.30 bits per heavy atom. The number of nitrogens with two attached hydrogens (primary N) is 1. The fourth-order valence-corrected chi connectivity index (χ4v) is 3.36. The Bertz CT molecular complexity index is 1010. The number of primary sulfonamides is 1. The molecule has 0 spiro atoms. The van der Waals surface area contributed by atoms with Crippen LogP contribution < -0.4 is 15.2 Å². The lowest BCUT2D eigenvalue weighted by molar-refractivity contribution is -0.386. The molecular weight excluding hydrogens is 445 g/mol. The minimum atomic E-state index is -4.14. The van der Waals surface area contributed by atoms with Crippen LogP contribution in [0.2, 0.25) is 15.1 Å². The molecule has 2 rings (SSSR count). The molecule has 0 unspecified atom stereocenters. The van der Waals surface area contributed by atoms with Gasteiger partial charge in [0, 0.05) is 11.1 Å². The quantitative estimate of drug-likeness (QED) is 0.507. The van der Waals surface area contributed by atoms with E-state index in [9.17, 15) is 23.3 Å². The first-order valence-electron chi connectivity index (χ1n) is 6.87.